The van der Waals surface area contributed by atoms with Crippen LogP contribution in [0.15, 0.2) is 43.0 Å². The average molecular weight is 562 g/mol. The van der Waals surface area contributed by atoms with Gasteiger partial charge in [-0.25, -0.2) is 9.97 Å². The summed E-state index contributed by atoms with van der Waals surface area (Å²) in [6.45, 7) is 3.11. The van der Waals surface area contributed by atoms with Gasteiger partial charge in [0.2, 0.25) is 5.91 Å². The van der Waals surface area contributed by atoms with Gasteiger partial charge in [-0.1, -0.05) is 11.6 Å². The monoisotopic (exact) mass is 561 g/mol. The molecule has 0 radical (unpaired) electrons. The van der Waals surface area contributed by atoms with Crippen LogP contribution in [0.1, 0.15) is 29.4 Å². The minimum atomic E-state index is -4.62. The van der Waals surface area contributed by atoms with Gasteiger partial charge in [0.1, 0.15) is 11.7 Å². The molecule has 2 amide bonds. The molecular formula is C24H23ClF3N9O2. The van der Waals surface area contributed by atoms with E-state index in [9.17, 15) is 22.8 Å². The zero-order valence-corrected chi connectivity index (χ0v) is 21.2. The molecule has 5 rings (SSSR count). The maximum atomic E-state index is 13.4. The van der Waals surface area contributed by atoms with Crippen LogP contribution >= 0.6 is 11.6 Å². The molecule has 4 aromatic rings. The minimum absolute atomic E-state index is 0.0291. The van der Waals surface area contributed by atoms with Crippen molar-refractivity contribution in [3.8, 4) is 11.3 Å². The Morgan fingerprint density at radius 3 is 2.77 bits per heavy atom. The summed E-state index contributed by atoms with van der Waals surface area (Å²) in [5.41, 5.74) is -0.0909. The Balaban J connectivity index is 1.31. The first-order valence-electron chi connectivity index (χ1n) is 11.9. The predicted molar refractivity (Wildman–Crippen MR) is 137 cm³/mol. The Morgan fingerprint density at radius 2 is 2.05 bits per heavy atom. The predicted octanol–water partition coefficient (Wildman–Crippen LogP) is 3.13. The molecule has 39 heavy (non-hydrogen) atoms. The van der Waals surface area contributed by atoms with E-state index in [4.69, 9.17) is 11.6 Å². The van der Waals surface area contributed by atoms with Gasteiger partial charge in [-0.2, -0.15) is 18.3 Å². The lowest BCUT2D eigenvalue weighted by molar-refractivity contribution is -0.140. The molecule has 0 unspecified atom stereocenters. The van der Waals surface area contributed by atoms with Crippen LogP contribution in [-0.4, -0.2) is 61.6 Å². The summed E-state index contributed by atoms with van der Waals surface area (Å²) in [7, 11) is 0. The van der Waals surface area contributed by atoms with E-state index in [1.807, 2.05) is 5.10 Å². The largest absolute Gasteiger partial charge is 0.433 e. The highest BCUT2D eigenvalue weighted by Gasteiger charge is 2.36. The van der Waals surface area contributed by atoms with Crippen molar-refractivity contribution in [3.05, 3.63) is 59.3 Å². The van der Waals surface area contributed by atoms with E-state index in [1.54, 1.807) is 13.0 Å². The summed E-state index contributed by atoms with van der Waals surface area (Å²) >= 11 is 6.37. The minimum Gasteiger partial charge on any atom is -0.350 e. The van der Waals surface area contributed by atoms with Crippen LogP contribution in [0.4, 0.5) is 24.7 Å². The lowest BCUT2D eigenvalue weighted by Crippen LogP contribution is -2.48. The zero-order chi connectivity index (χ0) is 27.7. The number of halogens is 4. The zero-order valence-electron chi connectivity index (χ0n) is 20.4. The second-order valence-electron chi connectivity index (χ2n) is 8.98. The van der Waals surface area contributed by atoms with Crippen LogP contribution in [0.5, 0.6) is 0 Å². The van der Waals surface area contributed by atoms with Crippen LogP contribution in [0, 0.1) is 0 Å². The number of benzene rings is 1. The normalized spacial score (nSPS) is 16.3. The van der Waals surface area contributed by atoms with E-state index in [1.165, 1.54) is 35.1 Å². The van der Waals surface area contributed by atoms with Crippen molar-refractivity contribution in [1.29, 1.82) is 0 Å². The van der Waals surface area contributed by atoms with Crippen molar-refractivity contribution in [2.75, 3.05) is 18.4 Å². The maximum absolute atomic E-state index is 13.4. The van der Waals surface area contributed by atoms with E-state index < -0.39 is 23.8 Å². The number of carbonyl (C=O) groups excluding carboxylic acids is 2. The molecular weight excluding hydrogens is 539 g/mol. The first kappa shape index (κ1) is 26.4. The number of carbonyl (C=O) groups is 2. The molecule has 2 atom stereocenters. The van der Waals surface area contributed by atoms with Crippen molar-refractivity contribution < 1.29 is 22.8 Å². The van der Waals surface area contributed by atoms with E-state index in [2.05, 4.69) is 36.3 Å². The van der Waals surface area contributed by atoms with Crippen molar-refractivity contribution in [1.82, 2.24) is 40.5 Å². The smallest absolute Gasteiger partial charge is 0.350 e. The Kier molecular flexibility index (Phi) is 7.14. The lowest BCUT2D eigenvalue weighted by atomic mass is 10.1. The summed E-state index contributed by atoms with van der Waals surface area (Å²) in [5, 5.41) is 17.4. The molecule has 204 valence electrons. The number of anilines is 2. The van der Waals surface area contributed by atoms with Crippen LogP contribution in [0.3, 0.4) is 0 Å². The van der Waals surface area contributed by atoms with Crippen LogP contribution in [-0.2, 0) is 11.0 Å². The second-order valence-corrected chi connectivity index (χ2v) is 9.39. The van der Waals surface area contributed by atoms with E-state index >= 15 is 0 Å². The van der Waals surface area contributed by atoms with Crippen molar-refractivity contribution in [2.24, 2.45) is 0 Å². The Labute approximate surface area is 224 Å². The quantitative estimate of drug-likeness (QED) is 0.233. The van der Waals surface area contributed by atoms with Crippen molar-refractivity contribution >= 4 is 40.6 Å². The molecule has 5 N–H and O–H groups in total. The highest BCUT2D eigenvalue weighted by molar-refractivity contribution is 6.34. The van der Waals surface area contributed by atoms with E-state index in [-0.39, 0.29) is 45.3 Å². The molecule has 1 aromatic carbocycles. The third-order valence-electron chi connectivity index (χ3n) is 6.25. The van der Waals surface area contributed by atoms with Crippen molar-refractivity contribution in [2.45, 2.75) is 31.6 Å². The fourth-order valence-corrected chi connectivity index (χ4v) is 4.53. The van der Waals surface area contributed by atoms with Gasteiger partial charge in [0, 0.05) is 30.7 Å². The topological polar surface area (TPSA) is 141 Å². The number of alkyl halides is 3. The number of hydrogen-bond acceptors (Lipinski definition) is 7. The van der Waals surface area contributed by atoms with Gasteiger partial charge in [-0.3, -0.25) is 19.1 Å². The first-order valence-corrected chi connectivity index (χ1v) is 12.3. The molecule has 11 nitrogen and oxygen atoms in total. The van der Waals surface area contributed by atoms with Gasteiger partial charge in [-0.05, 0) is 38.1 Å². The molecule has 1 fully saturated rings. The van der Waals surface area contributed by atoms with Gasteiger partial charge >= 0.3 is 6.18 Å². The van der Waals surface area contributed by atoms with Crippen LogP contribution in [0.2, 0.25) is 5.02 Å². The van der Waals surface area contributed by atoms with Crippen LogP contribution in [0.25, 0.3) is 16.9 Å². The maximum Gasteiger partial charge on any atom is 0.433 e. The fourth-order valence-electron chi connectivity index (χ4n) is 4.26. The average Bonchev–Trinajstić information content (AvgIpc) is 3.64. The van der Waals surface area contributed by atoms with Crippen molar-refractivity contribution in [3.63, 3.8) is 0 Å². The Hall–Kier alpha value is -4.17. The number of imidazole rings is 1. The van der Waals surface area contributed by atoms with E-state index in [0.717, 1.165) is 19.2 Å². The molecule has 4 heterocycles. The number of H-pyrrole nitrogens is 1. The number of fused-ring (bicyclic) bond motifs is 1. The molecule has 0 spiro atoms. The van der Waals surface area contributed by atoms with Gasteiger partial charge in [0.05, 0.1) is 34.2 Å². The molecule has 0 aliphatic carbocycles. The van der Waals surface area contributed by atoms with E-state index in [0.29, 0.717) is 12.2 Å². The summed E-state index contributed by atoms with van der Waals surface area (Å²) < 4.78 is 41.6. The molecule has 0 saturated carbocycles. The lowest BCUT2D eigenvalue weighted by Gasteiger charge is -2.18. The number of nitrogens with zero attached hydrogens (tertiary/aromatic N) is 4. The van der Waals surface area contributed by atoms with Gasteiger partial charge in [-0.15, -0.1) is 0 Å². The summed E-state index contributed by atoms with van der Waals surface area (Å²) in [5.74, 6) is -0.555. The standard InChI is InChI=1S/C24H23ClF3N9O2/c1-12(22(38)35-14-4-5-29-9-14)33-23(39)15-3-2-13(8-17(15)25)34-20-21-31-11-18(37(21)7-6-30-20)16-10-32-36-19(16)24(26,27)28/h2-3,6-8,10-12,14,29H,4-5,9H2,1H3,(H,30,34)(H,32,36)(H,33,39)(H,35,38)/t12-,14+/m1/s1. The number of amides is 2. The molecule has 3 aromatic heterocycles. The highest BCUT2D eigenvalue weighted by Crippen LogP contribution is 2.36. The van der Waals surface area contributed by atoms with Gasteiger partial charge in [0.25, 0.3) is 5.91 Å². The molecule has 1 aliphatic rings. The van der Waals surface area contributed by atoms with Gasteiger partial charge < -0.3 is 21.3 Å². The SMILES string of the molecule is C[C@@H](NC(=O)c1ccc(Nc2nccn3c(-c4cn[nH]c4C(F)(F)F)cnc23)cc1Cl)C(=O)N[C@H]1CCNC1. The van der Waals surface area contributed by atoms with Crippen LogP contribution < -0.4 is 21.3 Å². The number of hydrogen-bond donors (Lipinski definition) is 5. The third kappa shape index (κ3) is 5.52. The number of nitrogens with one attached hydrogen (secondary N) is 5. The molecule has 0 bridgehead atoms. The molecule has 15 heteroatoms. The Bertz CT molecular complexity index is 1530. The fraction of sp³-hybridized carbons (Fsp3) is 0.292. The summed E-state index contributed by atoms with van der Waals surface area (Å²) in [4.78, 5) is 33.6. The third-order valence-corrected chi connectivity index (χ3v) is 6.56. The highest BCUT2D eigenvalue weighted by atomic mass is 35.5. The Morgan fingerprint density at radius 1 is 1.23 bits per heavy atom. The number of aromatic nitrogens is 5. The first-order chi connectivity index (χ1) is 18.6. The molecule has 1 saturated heterocycles. The molecule has 1 aliphatic heterocycles. The summed E-state index contributed by atoms with van der Waals surface area (Å²) in [6.07, 6.45) is 1.47. The number of aromatic amines is 1. The summed E-state index contributed by atoms with van der Waals surface area (Å²) in [6, 6.07) is 3.84. The second kappa shape index (κ2) is 10.5. The van der Waals surface area contributed by atoms with Gasteiger partial charge in [0.15, 0.2) is 11.5 Å². The number of rotatable bonds is 7.